The normalized spacial score (nSPS) is 13.9. The fraction of sp³-hybridized carbons (Fsp3) is 0.588. The average Bonchev–Trinajstić information content (AvgIpc) is 2.47. The van der Waals surface area contributed by atoms with Crippen LogP contribution in [0.5, 0.6) is 0 Å². The predicted molar refractivity (Wildman–Crippen MR) is 87.3 cm³/mol. The summed E-state index contributed by atoms with van der Waals surface area (Å²) in [6, 6.07) is 9.91. The summed E-state index contributed by atoms with van der Waals surface area (Å²) in [5, 5.41) is 9.05. The minimum Gasteiger partial charge on any atom is -0.480 e. The van der Waals surface area contributed by atoms with E-state index in [1.54, 1.807) is 11.8 Å². The Balaban J connectivity index is 2.48. The number of carbonyl (C=O) groups is 1. The van der Waals surface area contributed by atoms with Gasteiger partial charge in [-0.2, -0.15) is 0 Å². The highest BCUT2D eigenvalue weighted by atomic mass is 32.2. The first-order valence-electron chi connectivity index (χ1n) is 7.55. The molecule has 0 aromatic heterocycles. The maximum Gasteiger partial charge on any atom is 0.316 e. The van der Waals surface area contributed by atoms with Crippen molar-refractivity contribution in [2.24, 2.45) is 5.92 Å². The van der Waals surface area contributed by atoms with E-state index in [1.165, 1.54) is 19.3 Å². The molecule has 0 saturated heterocycles. The van der Waals surface area contributed by atoms with Crippen LogP contribution in [0.25, 0.3) is 0 Å². The van der Waals surface area contributed by atoms with Crippen molar-refractivity contribution in [3.05, 3.63) is 35.9 Å². The molecule has 0 spiro atoms. The van der Waals surface area contributed by atoms with Crippen LogP contribution in [-0.4, -0.2) is 22.1 Å². The van der Waals surface area contributed by atoms with Crippen molar-refractivity contribution in [1.29, 1.82) is 0 Å². The number of benzene rings is 1. The number of carboxylic acids is 1. The summed E-state index contributed by atoms with van der Waals surface area (Å²) < 4.78 is 0. The van der Waals surface area contributed by atoms with Crippen LogP contribution in [0.4, 0.5) is 0 Å². The third-order valence-electron chi connectivity index (χ3n) is 3.62. The Morgan fingerprint density at radius 2 is 1.95 bits per heavy atom. The van der Waals surface area contributed by atoms with Gasteiger partial charge < -0.3 is 5.11 Å². The molecule has 2 nitrogen and oxygen atoms in total. The first kappa shape index (κ1) is 17.1. The highest BCUT2D eigenvalue weighted by molar-refractivity contribution is 8.00. The van der Waals surface area contributed by atoms with E-state index in [9.17, 15) is 9.90 Å². The Bertz CT molecular complexity index is 378. The highest BCUT2D eigenvalue weighted by Crippen LogP contribution is 2.24. The van der Waals surface area contributed by atoms with Crippen molar-refractivity contribution in [3.63, 3.8) is 0 Å². The number of aliphatic carboxylic acids is 1. The van der Waals surface area contributed by atoms with Crippen LogP contribution in [0.2, 0.25) is 0 Å². The fourth-order valence-electron chi connectivity index (χ4n) is 2.20. The molecular formula is C17H26O2S. The van der Waals surface area contributed by atoms with Gasteiger partial charge in [-0.1, -0.05) is 63.4 Å². The number of rotatable bonds is 10. The Kier molecular flexibility index (Phi) is 8.43. The molecule has 0 aliphatic rings. The van der Waals surface area contributed by atoms with E-state index in [4.69, 9.17) is 0 Å². The van der Waals surface area contributed by atoms with Crippen LogP contribution in [0.3, 0.4) is 0 Å². The van der Waals surface area contributed by atoms with Crippen molar-refractivity contribution in [2.75, 3.05) is 5.75 Å². The molecule has 20 heavy (non-hydrogen) atoms. The first-order chi connectivity index (χ1) is 9.67. The topological polar surface area (TPSA) is 37.3 Å². The van der Waals surface area contributed by atoms with Gasteiger partial charge in [-0.3, -0.25) is 4.79 Å². The van der Waals surface area contributed by atoms with Gasteiger partial charge in [0.15, 0.2) is 0 Å². The Labute approximate surface area is 127 Å². The Morgan fingerprint density at radius 3 is 2.50 bits per heavy atom. The van der Waals surface area contributed by atoms with E-state index in [0.717, 1.165) is 17.7 Å². The van der Waals surface area contributed by atoms with Crippen molar-refractivity contribution in [2.45, 2.75) is 51.2 Å². The lowest BCUT2D eigenvalue weighted by molar-refractivity contribution is -0.136. The van der Waals surface area contributed by atoms with Crippen LogP contribution in [0.15, 0.2) is 30.3 Å². The number of carboxylic acid groups (broad SMARTS) is 1. The molecule has 0 amide bonds. The number of thioether (sulfide) groups is 1. The zero-order valence-corrected chi connectivity index (χ0v) is 13.4. The first-order valence-corrected chi connectivity index (χ1v) is 8.60. The summed E-state index contributed by atoms with van der Waals surface area (Å²) in [7, 11) is 0. The molecule has 0 saturated carbocycles. The molecule has 0 fully saturated rings. The quantitative estimate of drug-likeness (QED) is 0.683. The monoisotopic (exact) mass is 294 g/mol. The van der Waals surface area contributed by atoms with E-state index < -0.39 is 5.97 Å². The number of unbranched alkanes of at least 4 members (excludes halogenated alkanes) is 1. The van der Waals surface area contributed by atoms with Gasteiger partial charge in [0.25, 0.3) is 0 Å². The van der Waals surface area contributed by atoms with Crippen LogP contribution in [0.1, 0.15) is 45.1 Å². The molecule has 1 aromatic rings. The zero-order chi connectivity index (χ0) is 14.8. The third kappa shape index (κ3) is 6.47. The van der Waals surface area contributed by atoms with Gasteiger partial charge in [0.1, 0.15) is 5.25 Å². The molecule has 0 aliphatic heterocycles. The fourth-order valence-corrected chi connectivity index (χ4v) is 3.56. The lowest BCUT2D eigenvalue weighted by atomic mass is 10.0. The molecule has 0 bridgehead atoms. The zero-order valence-electron chi connectivity index (χ0n) is 12.5. The summed E-state index contributed by atoms with van der Waals surface area (Å²) in [5.74, 6) is 0.919. The lowest BCUT2D eigenvalue weighted by Crippen LogP contribution is -2.21. The summed E-state index contributed by atoms with van der Waals surface area (Å²) in [6.07, 6.45) is 5.44. The molecule has 3 heteroatoms. The lowest BCUT2D eigenvalue weighted by Gasteiger charge is -2.17. The molecule has 0 radical (unpaired) electrons. The van der Waals surface area contributed by atoms with Crippen molar-refractivity contribution >= 4 is 17.7 Å². The van der Waals surface area contributed by atoms with Crippen molar-refractivity contribution < 1.29 is 9.90 Å². The number of hydrogen-bond donors (Lipinski definition) is 1. The van der Waals surface area contributed by atoms with Crippen LogP contribution >= 0.6 is 11.8 Å². The van der Waals surface area contributed by atoms with Crippen LogP contribution in [0, 0.1) is 5.92 Å². The summed E-state index contributed by atoms with van der Waals surface area (Å²) in [4.78, 5) is 11.4. The van der Waals surface area contributed by atoms with E-state index in [-0.39, 0.29) is 5.25 Å². The molecule has 2 unspecified atom stereocenters. The van der Waals surface area contributed by atoms with E-state index in [1.807, 2.05) is 30.3 Å². The minimum absolute atomic E-state index is 0.326. The summed E-state index contributed by atoms with van der Waals surface area (Å²) in [5.41, 5.74) is 1.11. The molecule has 1 rings (SSSR count). The molecule has 1 aromatic carbocycles. The van der Waals surface area contributed by atoms with Gasteiger partial charge in [-0.25, -0.2) is 0 Å². The van der Waals surface area contributed by atoms with Gasteiger partial charge in [0, 0.05) is 0 Å². The third-order valence-corrected chi connectivity index (χ3v) is 5.05. The second-order valence-corrected chi connectivity index (χ2v) is 6.50. The largest absolute Gasteiger partial charge is 0.480 e. The van der Waals surface area contributed by atoms with E-state index in [0.29, 0.717) is 12.3 Å². The second-order valence-electron chi connectivity index (χ2n) is 5.27. The Hall–Kier alpha value is -0.960. The standard InChI is InChI=1S/C17H26O2S/c1-3-5-9-14(4-2)13-20-16(17(18)19)12-15-10-7-6-8-11-15/h6-8,10-11,14,16H,3-5,9,12-13H2,1-2H3,(H,18,19). The van der Waals surface area contributed by atoms with E-state index >= 15 is 0 Å². The van der Waals surface area contributed by atoms with Crippen LogP contribution < -0.4 is 0 Å². The maximum absolute atomic E-state index is 11.4. The van der Waals surface area contributed by atoms with Crippen LogP contribution in [-0.2, 0) is 11.2 Å². The summed E-state index contributed by atoms with van der Waals surface area (Å²) >= 11 is 1.61. The molecule has 112 valence electrons. The van der Waals surface area contributed by atoms with Crippen molar-refractivity contribution in [1.82, 2.24) is 0 Å². The molecule has 2 atom stereocenters. The molecule has 1 N–H and O–H groups in total. The smallest absolute Gasteiger partial charge is 0.316 e. The van der Waals surface area contributed by atoms with Crippen molar-refractivity contribution in [3.8, 4) is 0 Å². The molecular weight excluding hydrogens is 268 g/mol. The summed E-state index contributed by atoms with van der Waals surface area (Å²) in [6.45, 7) is 4.41. The molecule has 0 heterocycles. The van der Waals surface area contributed by atoms with Gasteiger partial charge in [-0.05, 0) is 30.1 Å². The predicted octanol–water partition coefficient (Wildman–Crippen LogP) is 4.63. The van der Waals surface area contributed by atoms with Gasteiger partial charge in [0.05, 0.1) is 0 Å². The van der Waals surface area contributed by atoms with Gasteiger partial charge in [-0.15, -0.1) is 11.8 Å². The Morgan fingerprint density at radius 1 is 1.25 bits per heavy atom. The maximum atomic E-state index is 11.4. The SMILES string of the molecule is CCCCC(CC)CSC(Cc1ccccc1)C(=O)O. The minimum atomic E-state index is -0.691. The van der Waals surface area contributed by atoms with Gasteiger partial charge in [0.2, 0.25) is 0 Å². The molecule has 0 aliphatic carbocycles. The highest BCUT2D eigenvalue weighted by Gasteiger charge is 2.20. The van der Waals surface area contributed by atoms with Gasteiger partial charge >= 0.3 is 5.97 Å². The average molecular weight is 294 g/mol. The second kappa shape index (κ2) is 9.87. The number of hydrogen-bond acceptors (Lipinski definition) is 2. The van der Waals surface area contributed by atoms with E-state index in [2.05, 4.69) is 13.8 Å².